The quantitative estimate of drug-likeness (QED) is 0.563. The molecule has 0 bridgehead atoms. The number of urea groups is 1. The van der Waals surface area contributed by atoms with Crippen molar-refractivity contribution in [3.05, 3.63) is 65.0 Å². The van der Waals surface area contributed by atoms with Crippen molar-refractivity contribution in [1.82, 2.24) is 4.90 Å². The highest BCUT2D eigenvalue weighted by Crippen LogP contribution is 2.32. The van der Waals surface area contributed by atoms with Crippen molar-refractivity contribution >= 4 is 18.0 Å². The van der Waals surface area contributed by atoms with E-state index in [2.05, 4.69) is 0 Å². The smallest absolute Gasteiger partial charge is 0.378 e. The molecule has 1 fully saturated rings. The highest BCUT2D eigenvalue weighted by molar-refractivity contribution is 5.92. The van der Waals surface area contributed by atoms with Gasteiger partial charge in [0.25, 0.3) is 0 Å². The van der Waals surface area contributed by atoms with Crippen LogP contribution in [0.15, 0.2) is 42.5 Å². The number of hydrogen-bond acceptors (Lipinski definition) is 3. The number of aldehydes is 1. The van der Waals surface area contributed by atoms with Crippen molar-refractivity contribution < 1.29 is 31.9 Å². The molecule has 9 heteroatoms. The summed E-state index contributed by atoms with van der Waals surface area (Å²) in [6.07, 6.45) is -4.10. The number of carbonyl (C=O) groups excluding carboxylic acids is 2. The summed E-state index contributed by atoms with van der Waals surface area (Å²) in [6.45, 7) is 0.888. The van der Waals surface area contributed by atoms with Gasteiger partial charge in [-0.05, 0) is 24.3 Å². The topological polar surface area (TPSA) is 49.9 Å². The van der Waals surface area contributed by atoms with E-state index in [0.29, 0.717) is 19.5 Å². The molecule has 5 nitrogen and oxygen atoms in total. The maximum atomic E-state index is 14.4. The summed E-state index contributed by atoms with van der Waals surface area (Å²) in [5, 5.41) is 0. The Hall–Kier alpha value is -2.94. The number of halogens is 4. The summed E-state index contributed by atoms with van der Waals surface area (Å²) in [5.74, 6) is -0.721. The summed E-state index contributed by atoms with van der Waals surface area (Å²) in [5.41, 5.74) is -0.715. The van der Waals surface area contributed by atoms with Crippen LogP contribution in [0.2, 0.25) is 0 Å². The lowest BCUT2D eigenvalue weighted by atomic mass is 10.1. The van der Waals surface area contributed by atoms with Crippen LogP contribution in [-0.2, 0) is 17.5 Å². The van der Waals surface area contributed by atoms with E-state index in [1.54, 1.807) is 0 Å². The molecule has 1 aliphatic rings. The molecule has 2 amide bonds. The largest absolute Gasteiger partial charge is 0.416 e. The van der Waals surface area contributed by atoms with E-state index in [1.165, 1.54) is 29.2 Å². The lowest BCUT2D eigenvalue weighted by Gasteiger charge is -2.33. The van der Waals surface area contributed by atoms with Crippen molar-refractivity contribution in [3.63, 3.8) is 0 Å². The minimum atomic E-state index is -4.58. The monoisotopic (exact) mass is 410 g/mol. The van der Waals surface area contributed by atoms with Crippen LogP contribution in [0.25, 0.3) is 0 Å². The van der Waals surface area contributed by atoms with Crippen LogP contribution >= 0.6 is 0 Å². The number of amides is 2. The predicted octanol–water partition coefficient (Wildman–Crippen LogP) is 4.12. The Kier molecular flexibility index (Phi) is 6.17. The zero-order valence-electron chi connectivity index (χ0n) is 15.3. The van der Waals surface area contributed by atoms with Gasteiger partial charge in [-0.1, -0.05) is 18.2 Å². The number of nitrogens with zero attached hydrogens (tertiary/aromatic N) is 2. The molecule has 0 unspecified atom stereocenters. The summed E-state index contributed by atoms with van der Waals surface area (Å²) in [6, 6.07) is 7.52. The first-order valence-corrected chi connectivity index (χ1v) is 8.84. The van der Waals surface area contributed by atoms with Crippen molar-refractivity contribution in [2.75, 3.05) is 31.2 Å². The summed E-state index contributed by atoms with van der Waals surface area (Å²) >= 11 is 0. The van der Waals surface area contributed by atoms with E-state index in [4.69, 9.17) is 4.74 Å². The van der Waals surface area contributed by atoms with Crippen LogP contribution < -0.4 is 4.90 Å². The Morgan fingerprint density at radius 1 is 1.14 bits per heavy atom. The second-order valence-electron chi connectivity index (χ2n) is 6.48. The van der Waals surface area contributed by atoms with Gasteiger partial charge in [0.15, 0.2) is 0 Å². The molecule has 2 aromatic rings. The van der Waals surface area contributed by atoms with Crippen LogP contribution in [0.3, 0.4) is 0 Å². The molecule has 0 aromatic heterocycles. The van der Waals surface area contributed by atoms with Gasteiger partial charge in [0.2, 0.25) is 0 Å². The zero-order valence-corrected chi connectivity index (χ0v) is 15.3. The summed E-state index contributed by atoms with van der Waals surface area (Å²) in [4.78, 5) is 26.4. The molecular weight excluding hydrogens is 392 g/mol. The lowest BCUT2D eigenvalue weighted by molar-refractivity contribution is -0.137. The minimum Gasteiger partial charge on any atom is -0.378 e. The third kappa shape index (κ3) is 4.92. The molecular formula is C20H18F4N2O3. The molecule has 2 aromatic carbocycles. The van der Waals surface area contributed by atoms with E-state index in [-0.39, 0.29) is 36.4 Å². The van der Waals surface area contributed by atoms with Gasteiger partial charge in [-0.2, -0.15) is 13.2 Å². The number of carbonyl (C=O) groups is 2. The van der Waals surface area contributed by atoms with E-state index in [1.807, 2.05) is 0 Å². The molecule has 1 heterocycles. The first-order valence-electron chi connectivity index (χ1n) is 8.84. The van der Waals surface area contributed by atoms with Gasteiger partial charge in [-0.15, -0.1) is 0 Å². The van der Waals surface area contributed by atoms with Crippen molar-refractivity contribution in [2.45, 2.75) is 12.7 Å². The van der Waals surface area contributed by atoms with E-state index in [0.717, 1.165) is 23.1 Å². The molecule has 1 saturated heterocycles. The number of ether oxygens (including phenoxy) is 1. The number of rotatable bonds is 4. The molecule has 0 radical (unpaired) electrons. The second-order valence-corrected chi connectivity index (χ2v) is 6.48. The Morgan fingerprint density at radius 2 is 1.86 bits per heavy atom. The van der Waals surface area contributed by atoms with E-state index in [9.17, 15) is 27.2 Å². The normalized spacial score (nSPS) is 14.6. The predicted molar refractivity (Wildman–Crippen MR) is 97.2 cm³/mol. The van der Waals surface area contributed by atoms with Crippen LogP contribution in [-0.4, -0.2) is 43.5 Å². The number of benzene rings is 2. The first kappa shape index (κ1) is 20.8. The highest BCUT2D eigenvalue weighted by atomic mass is 19.4. The Balaban J connectivity index is 1.98. The second kappa shape index (κ2) is 8.60. The van der Waals surface area contributed by atoms with Gasteiger partial charge in [0, 0.05) is 29.9 Å². The van der Waals surface area contributed by atoms with Gasteiger partial charge in [0.1, 0.15) is 12.1 Å². The molecule has 0 saturated carbocycles. The average molecular weight is 410 g/mol. The van der Waals surface area contributed by atoms with Gasteiger partial charge in [-0.3, -0.25) is 9.69 Å². The SMILES string of the molecule is O=Cc1ccc(CN(C(=O)N2CCOCC2)c2cccc(C(F)(F)F)c2)c(F)c1. The molecule has 154 valence electrons. The molecule has 1 aliphatic heterocycles. The summed E-state index contributed by atoms with van der Waals surface area (Å²) in [7, 11) is 0. The van der Waals surface area contributed by atoms with Gasteiger partial charge >= 0.3 is 12.2 Å². The lowest BCUT2D eigenvalue weighted by Crippen LogP contribution is -2.48. The van der Waals surface area contributed by atoms with Crippen LogP contribution in [0.4, 0.5) is 28.0 Å². The van der Waals surface area contributed by atoms with Crippen molar-refractivity contribution in [2.24, 2.45) is 0 Å². The molecule has 0 atom stereocenters. The maximum absolute atomic E-state index is 14.4. The van der Waals surface area contributed by atoms with Crippen LogP contribution in [0, 0.1) is 5.82 Å². The standard InChI is InChI=1S/C20H18F4N2O3/c21-18-10-14(13-27)4-5-15(18)12-26(19(28)25-6-8-29-9-7-25)17-3-1-2-16(11-17)20(22,23)24/h1-5,10-11,13H,6-9,12H2. The number of alkyl halides is 3. The van der Waals surface area contributed by atoms with Gasteiger partial charge in [0.05, 0.1) is 25.3 Å². The molecule has 0 aliphatic carbocycles. The van der Waals surface area contributed by atoms with E-state index >= 15 is 0 Å². The summed E-state index contributed by atoms with van der Waals surface area (Å²) < 4.78 is 59.0. The fourth-order valence-corrected chi connectivity index (χ4v) is 2.98. The maximum Gasteiger partial charge on any atom is 0.416 e. The van der Waals surface area contributed by atoms with Gasteiger partial charge in [-0.25, -0.2) is 9.18 Å². The number of morpholine rings is 1. The van der Waals surface area contributed by atoms with E-state index < -0.39 is 23.6 Å². The third-order valence-electron chi connectivity index (χ3n) is 4.54. The Bertz CT molecular complexity index is 896. The molecule has 0 N–H and O–H groups in total. The van der Waals surface area contributed by atoms with Crippen LogP contribution in [0.5, 0.6) is 0 Å². The van der Waals surface area contributed by atoms with Crippen LogP contribution in [0.1, 0.15) is 21.5 Å². The first-order chi connectivity index (χ1) is 13.8. The Morgan fingerprint density at radius 3 is 2.48 bits per heavy atom. The highest BCUT2D eigenvalue weighted by Gasteiger charge is 2.32. The fourth-order valence-electron chi connectivity index (χ4n) is 2.98. The minimum absolute atomic E-state index is 0.00446. The third-order valence-corrected chi connectivity index (χ3v) is 4.54. The number of anilines is 1. The molecule has 0 spiro atoms. The zero-order chi connectivity index (χ0) is 21.0. The van der Waals surface area contributed by atoms with Crippen molar-refractivity contribution in [3.8, 4) is 0 Å². The average Bonchev–Trinajstić information content (AvgIpc) is 2.72. The Labute approximate surface area is 164 Å². The molecule has 3 rings (SSSR count). The molecule has 29 heavy (non-hydrogen) atoms. The van der Waals surface area contributed by atoms with Crippen molar-refractivity contribution in [1.29, 1.82) is 0 Å². The van der Waals surface area contributed by atoms with Gasteiger partial charge < -0.3 is 9.64 Å². The fraction of sp³-hybridized carbons (Fsp3) is 0.300. The number of hydrogen-bond donors (Lipinski definition) is 0.